The number of aldehydes is 1. The van der Waals surface area contributed by atoms with Crippen LogP contribution in [0.2, 0.25) is 0 Å². The van der Waals surface area contributed by atoms with Gasteiger partial charge in [0.15, 0.2) is 0 Å². The van der Waals surface area contributed by atoms with Crippen LogP contribution < -0.4 is 21.3 Å². The minimum atomic E-state index is -0.617. The molecule has 1 aromatic heterocycles. The molecule has 3 aromatic rings. The van der Waals surface area contributed by atoms with Gasteiger partial charge in [-0.2, -0.15) is 5.10 Å². The summed E-state index contributed by atoms with van der Waals surface area (Å²) in [6.45, 7) is 24.3. The fourth-order valence-electron chi connectivity index (χ4n) is 12.3. The van der Waals surface area contributed by atoms with Crippen molar-refractivity contribution in [3.8, 4) is 0 Å². The van der Waals surface area contributed by atoms with Gasteiger partial charge in [0.1, 0.15) is 18.1 Å². The zero-order valence-corrected chi connectivity index (χ0v) is 52.9. The molecule has 5 amide bonds. The maximum Gasteiger partial charge on any atom is 0.271 e. The van der Waals surface area contributed by atoms with Crippen LogP contribution in [-0.2, 0) is 25.6 Å². The van der Waals surface area contributed by atoms with Crippen molar-refractivity contribution in [3.63, 3.8) is 0 Å². The van der Waals surface area contributed by atoms with E-state index in [0.29, 0.717) is 92.0 Å². The maximum absolute atomic E-state index is 15.2. The van der Waals surface area contributed by atoms with Crippen molar-refractivity contribution in [3.05, 3.63) is 110 Å². The minimum Gasteiger partial charge on any atom is -0.342 e. The smallest absolute Gasteiger partial charge is 0.271 e. The molecular weight excluding hydrogens is 1090 g/mol. The number of hydrogen-bond acceptors (Lipinski definition) is 10. The van der Waals surface area contributed by atoms with Crippen LogP contribution in [-0.4, -0.2) is 173 Å². The van der Waals surface area contributed by atoms with Crippen LogP contribution in [0.3, 0.4) is 0 Å². The molecule has 2 unspecified atom stereocenters. The summed E-state index contributed by atoms with van der Waals surface area (Å²) in [7, 11) is 0. The number of halogens is 1. The highest BCUT2D eigenvalue weighted by Crippen LogP contribution is 2.35. The molecule has 2 N–H and O–H groups in total. The average molecular weight is 1190 g/mol. The van der Waals surface area contributed by atoms with Crippen LogP contribution in [0.1, 0.15) is 194 Å². The number of aromatic nitrogens is 2. The monoisotopic (exact) mass is 1190 g/mol. The number of allylic oxidation sites excluding steroid dienone is 1. The zero-order valence-electron chi connectivity index (χ0n) is 52.9. The molecule has 4 saturated heterocycles. The number of H-pyrrole nitrogens is 1. The van der Waals surface area contributed by atoms with Gasteiger partial charge in [-0.25, -0.2) is 9.49 Å². The zero-order chi connectivity index (χ0) is 62.0. The van der Waals surface area contributed by atoms with Crippen molar-refractivity contribution in [2.75, 3.05) is 91.6 Å². The van der Waals surface area contributed by atoms with Gasteiger partial charge >= 0.3 is 0 Å². The number of likely N-dealkylation sites (tertiary alicyclic amines) is 2. The number of carbonyl (C=O) groups is 6. The molecule has 0 radical (unpaired) electrons. The van der Waals surface area contributed by atoms with Crippen LogP contribution in [0.4, 0.5) is 4.39 Å². The molecule has 2 aliphatic carbocycles. The Labute approximate surface area is 512 Å². The molecule has 0 bridgehead atoms. The normalized spacial score (nSPS) is 19.6. The summed E-state index contributed by atoms with van der Waals surface area (Å²) < 4.78 is 15.2. The Morgan fingerprint density at radius 1 is 0.709 bits per heavy atom. The lowest BCUT2D eigenvalue weighted by Crippen LogP contribution is -2.57. The first-order chi connectivity index (χ1) is 41.7. The van der Waals surface area contributed by atoms with E-state index >= 15 is 4.39 Å². The molecule has 6 aliphatic rings. The molecule has 2 atom stereocenters. The van der Waals surface area contributed by atoms with E-state index in [4.69, 9.17) is 4.79 Å². The number of aromatic amines is 1. The molecule has 472 valence electrons. The Hall–Kier alpha value is -6.33. The number of piperazine rings is 2. The lowest BCUT2D eigenvalue weighted by Gasteiger charge is -2.41. The van der Waals surface area contributed by atoms with Gasteiger partial charge in [-0.3, -0.25) is 38.6 Å². The van der Waals surface area contributed by atoms with E-state index in [0.717, 1.165) is 121 Å². The van der Waals surface area contributed by atoms with Gasteiger partial charge in [-0.05, 0) is 125 Å². The van der Waals surface area contributed by atoms with E-state index in [-0.39, 0.29) is 53.0 Å². The first-order valence-electron chi connectivity index (χ1n) is 32.7. The van der Waals surface area contributed by atoms with Crippen molar-refractivity contribution < 1.29 is 33.2 Å². The summed E-state index contributed by atoms with van der Waals surface area (Å²) in [5.74, 6) is 0.619. The number of rotatable bonds is 18. The molecule has 0 spiro atoms. The quantitative estimate of drug-likeness (QED) is 0.117. The molecule has 5 heterocycles. The number of amides is 5. The maximum atomic E-state index is 15.2. The van der Waals surface area contributed by atoms with Gasteiger partial charge in [0, 0.05) is 107 Å². The number of nitrogens with zero attached hydrogens (tertiary/aromatic N) is 7. The van der Waals surface area contributed by atoms with Crippen molar-refractivity contribution in [1.29, 1.82) is 0 Å². The highest BCUT2D eigenvalue weighted by atomic mass is 19.1. The summed E-state index contributed by atoms with van der Waals surface area (Å²) in [6, 6.07) is 11.8. The predicted octanol–water partition coefficient (Wildman–Crippen LogP) is 8.50. The topological polar surface area (TPSA) is 180 Å². The van der Waals surface area contributed by atoms with Crippen molar-refractivity contribution >= 4 is 48.0 Å². The fourth-order valence-corrected chi connectivity index (χ4v) is 12.3. The number of nitrogens with one attached hydrogen (secondary N) is 2. The Morgan fingerprint density at radius 3 is 1.99 bits per heavy atom. The minimum absolute atomic E-state index is 0.0313. The van der Waals surface area contributed by atoms with E-state index in [1.165, 1.54) is 51.5 Å². The van der Waals surface area contributed by atoms with E-state index in [1.807, 2.05) is 28.0 Å². The number of unbranched alkanes of at least 4 members (excludes halogenated alkanes) is 2. The lowest BCUT2D eigenvalue weighted by molar-refractivity contribution is -0.137. The van der Waals surface area contributed by atoms with E-state index in [1.54, 1.807) is 47.1 Å². The van der Waals surface area contributed by atoms with Crippen molar-refractivity contribution in [2.24, 2.45) is 17.8 Å². The van der Waals surface area contributed by atoms with E-state index < -0.39 is 17.8 Å². The fraction of sp³-hybridized carbons (Fsp3) is 0.623. The predicted molar refractivity (Wildman–Crippen MR) is 340 cm³/mol. The first-order valence-corrected chi connectivity index (χ1v) is 32.7. The Balaban J connectivity index is 0.000000994. The third kappa shape index (κ3) is 20.7. The summed E-state index contributed by atoms with van der Waals surface area (Å²) in [6.07, 6.45) is 24.5. The number of piperidine rings is 2. The summed E-state index contributed by atoms with van der Waals surface area (Å²) >= 11 is 0. The molecule has 86 heavy (non-hydrogen) atoms. The Morgan fingerprint density at radius 2 is 1.36 bits per heavy atom. The highest BCUT2D eigenvalue weighted by Gasteiger charge is 2.37. The lowest BCUT2D eigenvalue weighted by atomic mass is 9.83. The van der Waals surface area contributed by atoms with Crippen molar-refractivity contribution in [2.45, 2.75) is 169 Å². The molecule has 2 saturated carbocycles. The van der Waals surface area contributed by atoms with Crippen LogP contribution in [0.15, 0.2) is 59.9 Å². The third-order valence-electron chi connectivity index (χ3n) is 18.1. The van der Waals surface area contributed by atoms with Crippen LogP contribution >= 0.6 is 0 Å². The molecule has 9 rings (SSSR count). The third-order valence-corrected chi connectivity index (χ3v) is 18.1. The summed E-state index contributed by atoms with van der Waals surface area (Å²) in [5, 5.41) is 11.1. The van der Waals surface area contributed by atoms with Gasteiger partial charge in [-0.15, -0.1) is 0 Å². The molecule has 4 aliphatic heterocycles. The van der Waals surface area contributed by atoms with Gasteiger partial charge in [0.25, 0.3) is 17.4 Å². The standard InChI is InChI=1S/C59H78FN9O6.2C4H10.C2H4O/c1-3-10-49-48(4-2)57(73)63-62-52(49)36-43-18-20-51(60)50(35-43)58(74)67-33-31-66(32-34-67)54(71)40-64-25-22-42(23-26-64)38-65-27-29-68(30-28-65)59(75)55(44-11-6-5-7-12-44)61-56(72)46-14-8-13-45(37-46)47-15-9-24-69(39-47)53(70)21-19-41-16-17-41;2*1-3-4-2;1-2-3/h3-4,8,10,13-14,18,20,35,37,41-42,44,47,55H,1,5-7,9,11-12,15-17,19,21-34,36,38-40H2,2H3,(H,61,72)(H,63,73);2*3-4H2,1-2H3;2H,1H3/b48-4+,49-10+;;;. The van der Waals surface area contributed by atoms with Crippen molar-refractivity contribution in [1.82, 2.24) is 44.9 Å². The second kappa shape index (κ2) is 36.1. The molecule has 17 heteroatoms. The van der Waals surface area contributed by atoms with Gasteiger partial charge in [0.2, 0.25) is 17.7 Å². The summed E-state index contributed by atoms with van der Waals surface area (Å²) in [5.41, 5.74) is 2.55. The molecular formula is C69H102FN9O7. The second-order valence-electron chi connectivity index (χ2n) is 24.4. The van der Waals surface area contributed by atoms with Gasteiger partial charge < -0.3 is 29.7 Å². The Bertz CT molecular complexity index is 2850. The first kappa shape index (κ1) is 68.8. The summed E-state index contributed by atoms with van der Waals surface area (Å²) in [4.78, 5) is 102. The molecule has 6 fully saturated rings. The highest BCUT2D eigenvalue weighted by molar-refractivity contribution is 5.98. The largest absolute Gasteiger partial charge is 0.342 e. The van der Waals surface area contributed by atoms with Crippen LogP contribution in [0, 0.1) is 23.6 Å². The molecule has 2 aromatic carbocycles. The average Bonchev–Trinajstić information content (AvgIpc) is 4.53. The van der Waals surface area contributed by atoms with Gasteiger partial charge in [0.05, 0.1) is 17.8 Å². The SMILES string of the molecule is C=C/C=c1/c(Cc2ccc(F)c(C(=O)N3CCN(C(=O)CN4CCC(CN5CCN(C(=O)C(NC(=O)c6cccc(C7CCCN(C(=O)CCC8CC8)C7)c6)C6CCCCC6)CC5)CC4)CC3)c2)n[nH]c(=O)/c1=C/C.CC=O.CCCC.CCCC. The van der Waals surface area contributed by atoms with E-state index in [9.17, 15) is 28.8 Å². The Kier molecular flexibility index (Phi) is 28.9. The number of carbonyl (C=O) groups excluding carboxylic acids is 6. The number of hydrogen-bond donors (Lipinski definition) is 2. The van der Waals surface area contributed by atoms with E-state index in [2.05, 4.69) is 65.7 Å². The van der Waals surface area contributed by atoms with Crippen LogP contribution in [0.5, 0.6) is 0 Å². The second-order valence-corrected chi connectivity index (χ2v) is 24.4. The van der Waals surface area contributed by atoms with Gasteiger partial charge in [-0.1, -0.05) is 128 Å². The van der Waals surface area contributed by atoms with Crippen LogP contribution in [0.25, 0.3) is 12.2 Å². The molecule has 16 nitrogen and oxygen atoms in total. The number of benzene rings is 2.